The van der Waals surface area contributed by atoms with Crippen molar-refractivity contribution in [3.63, 3.8) is 0 Å². The standard InChI is InChI=1S/C17H24O.C16H24O.C15H23NO/c1-15(18)17(12-6-3-7-13-17)14-8-11-16-9-4-2-5-10-16;17-14-16(11-5-2-6-12-16)13-7-10-15-8-3-1-4-9-15;17-13-15(9-11-16-12-10-15)8-4-7-14-5-2-1-3-6-14/h2,4-5,9-10H,3,6-8,11-14H2,1H3;1,3-4,8-9,17H,2,5-7,10-14H2;1-3,5-6,16-17H,4,7-13H2. The van der Waals surface area contributed by atoms with Crippen molar-refractivity contribution in [1.29, 1.82) is 0 Å². The summed E-state index contributed by atoms with van der Waals surface area (Å²) in [5.74, 6) is 0.426. The first kappa shape index (κ1) is 42.0. The van der Waals surface area contributed by atoms with Crippen molar-refractivity contribution >= 4 is 5.78 Å². The van der Waals surface area contributed by atoms with Crippen LogP contribution >= 0.6 is 0 Å². The minimum Gasteiger partial charge on any atom is -0.396 e. The highest BCUT2D eigenvalue weighted by Gasteiger charge is 2.36. The molecule has 52 heavy (non-hydrogen) atoms. The molecular formula is C48H71NO3. The fourth-order valence-electron chi connectivity index (χ4n) is 9.14. The number of piperidine rings is 1. The van der Waals surface area contributed by atoms with Crippen LogP contribution in [-0.2, 0) is 24.1 Å². The number of carbonyl (C=O) groups excluding carboxylic acids is 1. The molecule has 1 aliphatic heterocycles. The van der Waals surface area contributed by atoms with Gasteiger partial charge in [-0.05, 0) is 144 Å². The van der Waals surface area contributed by atoms with E-state index in [0.717, 1.165) is 77.3 Å². The number of aliphatic hydroxyl groups is 2. The Bertz CT molecular complexity index is 1270. The fraction of sp³-hybridized carbons (Fsp3) is 0.604. The SMILES string of the molecule is CC(=O)C1(CCCc2ccccc2)CCCCC1.OCC1(CCCc2ccccc2)CCCCC1.OCC1(CCCc2ccccc2)CCNCC1. The number of hydrogen-bond donors (Lipinski definition) is 3. The van der Waals surface area contributed by atoms with E-state index in [4.69, 9.17) is 0 Å². The van der Waals surface area contributed by atoms with Gasteiger partial charge < -0.3 is 15.5 Å². The molecule has 4 heteroatoms. The molecule has 6 rings (SSSR count). The van der Waals surface area contributed by atoms with Crippen LogP contribution in [0.25, 0.3) is 0 Å². The summed E-state index contributed by atoms with van der Waals surface area (Å²) >= 11 is 0. The van der Waals surface area contributed by atoms with E-state index in [1.807, 2.05) is 0 Å². The van der Waals surface area contributed by atoms with Gasteiger partial charge in [-0.15, -0.1) is 0 Å². The molecule has 0 amide bonds. The van der Waals surface area contributed by atoms with Crippen LogP contribution in [0, 0.1) is 16.2 Å². The first-order valence-electron chi connectivity index (χ1n) is 21.0. The molecule has 286 valence electrons. The number of aryl methyl sites for hydroxylation is 3. The Hall–Kier alpha value is -2.79. The van der Waals surface area contributed by atoms with Crippen molar-refractivity contribution in [2.24, 2.45) is 16.2 Å². The van der Waals surface area contributed by atoms with E-state index in [9.17, 15) is 15.0 Å². The van der Waals surface area contributed by atoms with E-state index in [0.29, 0.717) is 19.0 Å². The molecule has 0 radical (unpaired) electrons. The molecule has 0 spiro atoms. The topological polar surface area (TPSA) is 69.6 Å². The first-order valence-corrected chi connectivity index (χ1v) is 21.0. The normalized spacial score (nSPS) is 18.9. The molecule has 0 atom stereocenters. The summed E-state index contributed by atoms with van der Waals surface area (Å²) in [6, 6.07) is 31.9. The lowest BCUT2D eigenvalue weighted by Gasteiger charge is -2.36. The van der Waals surface area contributed by atoms with Crippen LogP contribution in [0.2, 0.25) is 0 Å². The zero-order valence-corrected chi connectivity index (χ0v) is 32.6. The molecule has 3 fully saturated rings. The third-order valence-electron chi connectivity index (χ3n) is 12.8. The van der Waals surface area contributed by atoms with Gasteiger partial charge in [0.05, 0.1) is 0 Å². The number of ketones is 1. The van der Waals surface area contributed by atoms with E-state index < -0.39 is 0 Å². The van der Waals surface area contributed by atoms with Gasteiger partial charge >= 0.3 is 0 Å². The zero-order chi connectivity index (χ0) is 36.8. The summed E-state index contributed by atoms with van der Waals surface area (Å²) in [5.41, 5.74) is 4.71. The lowest BCUT2D eigenvalue weighted by molar-refractivity contribution is -0.128. The molecular weight excluding hydrogens is 639 g/mol. The van der Waals surface area contributed by atoms with E-state index in [1.54, 1.807) is 6.92 Å². The molecule has 3 N–H and O–H groups in total. The number of rotatable bonds is 15. The Balaban J connectivity index is 0.000000175. The third-order valence-corrected chi connectivity index (χ3v) is 12.8. The van der Waals surface area contributed by atoms with Gasteiger partial charge in [-0.1, -0.05) is 130 Å². The Labute approximate surface area is 317 Å². The van der Waals surface area contributed by atoms with E-state index in [2.05, 4.69) is 96.3 Å². The molecule has 3 aromatic rings. The van der Waals surface area contributed by atoms with E-state index in [1.165, 1.54) is 87.3 Å². The maximum absolute atomic E-state index is 12.0. The number of hydrogen-bond acceptors (Lipinski definition) is 4. The number of carbonyl (C=O) groups is 1. The Kier molecular flexibility index (Phi) is 18.6. The summed E-state index contributed by atoms with van der Waals surface area (Å²) < 4.78 is 0. The highest BCUT2D eigenvalue weighted by molar-refractivity contribution is 5.82. The van der Waals surface area contributed by atoms with Crippen LogP contribution in [0.15, 0.2) is 91.0 Å². The minimum atomic E-state index is 0.0209. The van der Waals surface area contributed by atoms with Gasteiger partial charge in [-0.3, -0.25) is 4.79 Å². The fourth-order valence-corrected chi connectivity index (χ4v) is 9.14. The predicted octanol–water partition coefficient (Wildman–Crippen LogP) is 10.9. The lowest BCUT2D eigenvalue weighted by Crippen LogP contribution is -2.39. The highest BCUT2D eigenvalue weighted by Crippen LogP contribution is 2.42. The minimum absolute atomic E-state index is 0.0209. The molecule has 1 heterocycles. The second kappa shape index (κ2) is 23.1. The van der Waals surface area contributed by atoms with Crippen molar-refractivity contribution in [3.8, 4) is 0 Å². The van der Waals surface area contributed by atoms with Crippen molar-refractivity contribution < 1.29 is 15.0 Å². The van der Waals surface area contributed by atoms with Crippen molar-refractivity contribution in [1.82, 2.24) is 5.32 Å². The molecule has 0 unspecified atom stereocenters. The number of aliphatic hydroxyl groups excluding tert-OH is 2. The smallest absolute Gasteiger partial charge is 0.135 e. The van der Waals surface area contributed by atoms with Gasteiger partial charge in [-0.2, -0.15) is 0 Å². The quantitative estimate of drug-likeness (QED) is 0.147. The summed E-state index contributed by atoms with van der Waals surface area (Å²) in [4.78, 5) is 12.0. The Morgan fingerprint density at radius 1 is 0.519 bits per heavy atom. The van der Waals surface area contributed by atoms with Gasteiger partial charge in [0.15, 0.2) is 0 Å². The first-order chi connectivity index (χ1) is 25.4. The van der Waals surface area contributed by atoms with Crippen LogP contribution in [-0.4, -0.2) is 42.3 Å². The molecule has 4 nitrogen and oxygen atoms in total. The highest BCUT2D eigenvalue weighted by atomic mass is 16.3. The van der Waals surface area contributed by atoms with Gasteiger partial charge in [-0.25, -0.2) is 0 Å². The van der Waals surface area contributed by atoms with Crippen LogP contribution in [0.4, 0.5) is 0 Å². The largest absolute Gasteiger partial charge is 0.396 e. The van der Waals surface area contributed by atoms with Crippen LogP contribution in [0.3, 0.4) is 0 Å². The Morgan fingerprint density at radius 3 is 1.27 bits per heavy atom. The van der Waals surface area contributed by atoms with Gasteiger partial charge in [0.2, 0.25) is 0 Å². The summed E-state index contributed by atoms with van der Waals surface area (Å²) in [5, 5.41) is 22.6. The van der Waals surface area contributed by atoms with Crippen molar-refractivity contribution in [3.05, 3.63) is 108 Å². The van der Waals surface area contributed by atoms with Crippen LogP contribution < -0.4 is 5.32 Å². The monoisotopic (exact) mass is 710 g/mol. The van der Waals surface area contributed by atoms with E-state index in [-0.39, 0.29) is 16.2 Å². The average molecular weight is 710 g/mol. The van der Waals surface area contributed by atoms with Crippen molar-refractivity contribution in [2.45, 2.75) is 142 Å². The molecule has 1 saturated heterocycles. The number of benzene rings is 3. The number of nitrogens with one attached hydrogen (secondary N) is 1. The van der Waals surface area contributed by atoms with Crippen LogP contribution in [0.1, 0.15) is 139 Å². The van der Waals surface area contributed by atoms with Gasteiger partial charge in [0, 0.05) is 18.6 Å². The summed E-state index contributed by atoms with van der Waals surface area (Å²) in [6.45, 7) is 4.66. The molecule has 3 aromatic carbocycles. The van der Waals surface area contributed by atoms with Crippen LogP contribution in [0.5, 0.6) is 0 Å². The van der Waals surface area contributed by atoms with Gasteiger partial charge in [0.1, 0.15) is 5.78 Å². The van der Waals surface area contributed by atoms with Crippen molar-refractivity contribution in [2.75, 3.05) is 26.3 Å². The third kappa shape index (κ3) is 14.2. The molecule has 3 aliphatic rings. The molecule has 0 aromatic heterocycles. The van der Waals surface area contributed by atoms with Gasteiger partial charge in [0.25, 0.3) is 0 Å². The molecule has 2 saturated carbocycles. The Morgan fingerprint density at radius 2 is 0.885 bits per heavy atom. The maximum Gasteiger partial charge on any atom is 0.135 e. The lowest BCUT2D eigenvalue weighted by atomic mass is 9.68. The second-order valence-corrected chi connectivity index (χ2v) is 16.5. The summed E-state index contributed by atoms with van der Waals surface area (Å²) in [7, 11) is 0. The maximum atomic E-state index is 12.0. The zero-order valence-electron chi connectivity index (χ0n) is 32.6. The van der Waals surface area contributed by atoms with E-state index >= 15 is 0 Å². The summed E-state index contributed by atoms with van der Waals surface area (Å²) in [6.07, 6.45) is 25.1. The average Bonchev–Trinajstić information content (AvgIpc) is 3.21. The molecule has 2 aliphatic carbocycles. The number of Topliss-reactive ketones (excluding diaryl/α,β-unsaturated/α-hetero) is 1. The second-order valence-electron chi connectivity index (χ2n) is 16.5. The molecule has 0 bridgehead atoms. The predicted molar refractivity (Wildman–Crippen MR) is 219 cm³/mol.